The van der Waals surface area contributed by atoms with Crippen LogP contribution in [0.2, 0.25) is 0 Å². The maximum absolute atomic E-state index is 12.6. The van der Waals surface area contributed by atoms with E-state index in [1.807, 2.05) is 17.8 Å². The van der Waals surface area contributed by atoms with E-state index in [0.29, 0.717) is 18.0 Å². The van der Waals surface area contributed by atoms with Crippen LogP contribution in [-0.2, 0) is 16.0 Å². The monoisotopic (exact) mass is 440 g/mol. The van der Waals surface area contributed by atoms with Gasteiger partial charge in [0.15, 0.2) is 11.3 Å². The lowest BCUT2D eigenvalue weighted by molar-refractivity contribution is 0.0853. The lowest BCUT2D eigenvalue weighted by Gasteiger charge is -2.25. The van der Waals surface area contributed by atoms with Crippen molar-refractivity contribution >= 4 is 22.6 Å². The first kappa shape index (κ1) is 20.9. The molecule has 10 nitrogen and oxygen atoms in total. The van der Waals surface area contributed by atoms with Crippen molar-refractivity contribution < 1.29 is 18.7 Å². The van der Waals surface area contributed by atoms with Crippen molar-refractivity contribution in [2.24, 2.45) is 0 Å². The van der Waals surface area contributed by atoms with Crippen LogP contribution >= 0.6 is 0 Å². The molecule has 0 bridgehead atoms. The van der Waals surface area contributed by atoms with E-state index in [4.69, 9.17) is 13.9 Å². The maximum atomic E-state index is 12.6. The van der Waals surface area contributed by atoms with Crippen LogP contribution in [0.1, 0.15) is 43.1 Å². The summed E-state index contributed by atoms with van der Waals surface area (Å²) in [6.45, 7) is 5.43. The van der Waals surface area contributed by atoms with Gasteiger partial charge in [0.2, 0.25) is 5.89 Å². The van der Waals surface area contributed by atoms with Crippen molar-refractivity contribution in [3.05, 3.63) is 24.4 Å². The minimum absolute atomic E-state index is 0.0716. The number of aromatic nitrogens is 4. The molecule has 0 spiro atoms. The van der Waals surface area contributed by atoms with Gasteiger partial charge in [-0.25, -0.2) is 14.6 Å². The number of carbonyl (C=O) groups is 1. The number of hydrogen-bond acceptors (Lipinski definition) is 8. The van der Waals surface area contributed by atoms with Crippen LogP contribution in [0, 0.1) is 0 Å². The molecule has 2 fully saturated rings. The highest BCUT2D eigenvalue weighted by molar-refractivity contribution is 5.97. The van der Waals surface area contributed by atoms with Crippen molar-refractivity contribution in [2.75, 3.05) is 31.7 Å². The van der Waals surface area contributed by atoms with Crippen LogP contribution in [0.15, 0.2) is 23.1 Å². The zero-order chi connectivity index (χ0) is 21.9. The van der Waals surface area contributed by atoms with Gasteiger partial charge in [-0.1, -0.05) is 0 Å². The molecule has 32 heavy (non-hydrogen) atoms. The molecule has 1 atom stereocenters. The van der Waals surface area contributed by atoms with Gasteiger partial charge in [-0.15, -0.1) is 0 Å². The Kier molecular flexibility index (Phi) is 6.04. The third-order valence-electron chi connectivity index (χ3n) is 6.02. The number of anilines is 1. The summed E-state index contributed by atoms with van der Waals surface area (Å²) in [4.78, 5) is 21.6. The second kappa shape index (κ2) is 9.25. The predicted octanol–water partition coefficient (Wildman–Crippen LogP) is 2.61. The zero-order valence-electron chi connectivity index (χ0n) is 18.2. The molecule has 2 N–H and O–H groups in total. The number of amides is 1. The Balaban J connectivity index is 1.42. The van der Waals surface area contributed by atoms with Gasteiger partial charge in [0.05, 0.1) is 28.9 Å². The molecule has 3 aromatic heterocycles. The van der Waals surface area contributed by atoms with E-state index < -0.39 is 0 Å². The van der Waals surface area contributed by atoms with Gasteiger partial charge in [-0.05, 0) is 32.6 Å². The van der Waals surface area contributed by atoms with Crippen molar-refractivity contribution in [2.45, 2.75) is 51.3 Å². The molecule has 0 saturated carbocycles. The number of ether oxygens (including phenoxy) is 2. The van der Waals surface area contributed by atoms with Crippen LogP contribution in [0.25, 0.3) is 22.5 Å². The van der Waals surface area contributed by atoms with E-state index in [0.717, 1.165) is 68.8 Å². The van der Waals surface area contributed by atoms with Crippen molar-refractivity contribution in [1.82, 2.24) is 25.1 Å². The van der Waals surface area contributed by atoms with E-state index >= 15 is 0 Å². The number of rotatable bonds is 7. The quantitative estimate of drug-likeness (QED) is 0.576. The summed E-state index contributed by atoms with van der Waals surface area (Å²) in [6, 6.07) is 0.266. The standard InChI is InChI=1S/C22H28N6O4/c1-2-28-20-16(12-25-28)19(26-14-5-8-30-9-6-14)17(11-23-20)22-27-18(13-32-22)21(29)24-10-15-4-3-7-31-15/h11-15H,2-10H2,1H3,(H,23,26)(H,24,29). The predicted molar refractivity (Wildman–Crippen MR) is 117 cm³/mol. The van der Waals surface area contributed by atoms with E-state index in [9.17, 15) is 4.79 Å². The third kappa shape index (κ3) is 4.20. The lowest BCUT2D eigenvalue weighted by atomic mass is 10.1. The van der Waals surface area contributed by atoms with Crippen LogP contribution in [0.4, 0.5) is 5.69 Å². The Morgan fingerprint density at radius 2 is 2.09 bits per heavy atom. The Labute approximate surface area is 185 Å². The van der Waals surface area contributed by atoms with Gasteiger partial charge in [0.25, 0.3) is 5.91 Å². The van der Waals surface area contributed by atoms with Crippen LogP contribution in [0.3, 0.4) is 0 Å². The van der Waals surface area contributed by atoms with E-state index in [-0.39, 0.29) is 23.7 Å². The fourth-order valence-electron chi connectivity index (χ4n) is 4.23. The largest absolute Gasteiger partial charge is 0.443 e. The molecule has 3 aromatic rings. The van der Waals surface area contributed by atoms with Gasteiger partial charge in [0.1, 0.15) is 6.26 Å². The first-order valence-corrected chi connectivity index (χ1v) is 11.3. The van der Waals surface area contributed by atoms with Gasteiger partial charge in [0, 0.05) is 45.1 Å². The summed E-state index contributed by atoms with van der Waals surface area (Å²) >= 11 is 0. The van der Waals surface area contributed by atoms with E-state index in [2.05, 4.69) is 25.7 Å². The molecule has 10 heteroatoms. The second-order valence-corrected chi connectivity index (χ2v) is 8.16. The highest BCUT2D eigenvalue weighted by Gasteiger charge is 2.23. The number of fused-ring (bicyclic) bond motifs is 1. The van der Waals surface area contributed by atoms with Gasteiger partial charge in [-0.2, -0.15) is 5.10 Å². The minimum Gasteiger partial charge on any atom is -0.443 e. The highest BCUT2D eigenvalue weighted by Crippen LogP contribution is 2.34. The highest BCUT2D eigenvalue weighted by atomic mass is 16.5. The molecular formula is C22H28N6O4. The average Bonchev–Trinajstić information content (AvgIpc) is 3.59. The lowest BCUT2D eigenvalue weighted by Crippen LogP contribution is -2.31. The van der Waals surface area contributed by atoms with E-state index in [1.165, 1.54) is 6.26 Å². The summed E-state index contributed by atoms with van der Waals surface area (Å²) in [5.74, 6) is 0.0720. The molecule has 170 valence electrons. The first-order chi connectivity index (χ1) is 15.7. The topological polar surface area (TPSA) is 116 Å². The molecule has 2 aliphatic heterocycles. The van der Waals surface area contributed by atoms with Crippen LogP contribution in [-0.4, -0.2) is 64.2 Å². The minimum atomic E-state index is -0.276. The van der Waals surface area contributed by atoms with Crippen molar-refractivity contribution in [3.8, 4) is 11.5 Å². The second-order valence-electron chi connectivity index (χ2n) is 8.16. The molecule has 2 aliphatic rings. The maximum Gasteiger partial charge on any atom is 0.273 e. The molecule has 5 heterocycles. The number of nitrogens with zero attached hydrogens (tertiary/aromatic N) is 4. The third-order valence-corrected chi connectivity index (χ3v) is 6.02. The molecule has 1 unspecified atom stereocenters. The van der Waals surface area contributed by atoms with Gasteiger partial charge < -0.3 is 24.5 Å². The fourth-order valence-corrected chi connectivity index (χ4v) is 4.23. The number of aryl methyl sites for hydroxylation is 1. The molecule has 2 saturated heterocycles. The first-order valence-electron chi connectivity index (χ1n) is 11.3. The van der Waals surface area contributed by atoms with Crippen molar-refractivity contribution in [1.29, 1.82) is 0 Å². The Bertz CT molecular complexity index is 1080. The zero-order valence-corrected chi connectivity index (χ0v) is 18.2. The molecule has 5 rings (SSSR count). The Morgan fingerprint density at radius 3 is 2.88 bits per heavy atom. The number of carbonyl (C=O) groups excluding carboxylic acids is 1. The van der Waals surface area contributed by atoms with Gasteiger partial charge in [-0.3, -0.25) is 4.79 Å². The smallest absolute Gasteiger partial charge is 0.273 e. The van der Waals surface area contributed by atoms with Crippen LogP contribution < -0.4 is 10.6 Å². The normalized spacial score (nSPS) is 19.5. The summed E-state index contributed by atoms with van der Waals surface area (Å²) < 4.78 is 18.6. The summed E-state index contributed by atoms with van der Waals surface area (Å²) in [7, 11) is 0. The summed E-state index contributed by atoms with van der Waals surface area (Å²) in [5, 5.41) is 11.9. The molecule has 0 aliphatic carbocycles. The number of pyridine rings is 1. The summed E-state index contributed by atoms with van der Waals surface area (Å²) in [6.07, 6.45) is 8.82. The fraction of sp³-hybridized carbons (Fsp3) is 0.545. The number of oxazole rings is 1. The number of nitrogens with one attached hydrogen (secondary N) is 2. The number of hydrogen-bond donors (Lipinski definition) is 2. The Hall–Kier alpha value is -2.98. The molecule has 1 amide bonds. The average molecular weight is 441 g/mol. The molecule has 0 radical (unpaired) electrons. The Morgan fingerprint density at radius 1 is 1.22 bits per heavy atom. The van der Waals surface area contributed by atoms with Crippen molar-refractivity contribution in [3.63, 3.8) is 0 Å². The SMILES string of the molecule is CCn1ncc2c(NC3CCOCC3)c(-c3nc(C(=O)NCC4CCCO4)co3)cnc21. The molecular weight excluding hydrogens is 412 g/mol. The summed E-state index contributed by atoms with van der Waals surface area (Å²) in [5.41, 5.74) is 2.61. The molecule has 0 aromatic carbocycles. The van der Waals surface area contributed by atoms with E-state index in [1.54, 1.807) is 6.20 Å². The van der Waals surface area contributed by atoms with Gasteiger partial charge >= 0.3 is 0 Å². The van der Waals surface area contributed by atoms with Crippen LogP contribution in [0.5, 0.6) is 0 Å².